The van der Waals surface area contributed by atoms with Crippen LogP contribution in [0.1, 0.15) is 21.7 Å². The highest BCUT2D eigenvalue weighted by Gasteiger charge is 2.31. The van der Waals surface area contributed by atoms with Gasteiger partial charge < -0.3 is 5.11 Å². The molecule has 1 heterocycles. The van der Waals surface area contributed by atoms with E-state index in [4.69, 9.17) is 5.26 Å². The summed E-state index contributed by atoms with van der Waals surface area (Å²) < 4.78 is 38.9. The molecule has 128 valence electrons. The van der Waals surface area contributed by atoms with Gasteiger partial charge in [-0.25, -0.2) is 4.98 Å². The van der Waals surface area contributed by atoms with Crippen molar-refractivity contribution in [3.05, 3.63) is 64.2 Å². The van der Waals surface area contributed by atoms with E-state index in [1.165, 1.54) is 30.3 Å². The number of thiazole rings is 1. The number of fused-ring (bicyclic) bond motifs is 1. The highest BCUT2D eigenvalue weighted by Crippen LogP contribution is 2.35. The quantitative estimate of drug-likeness (QED) is 0.500. The third kappa shape index (κ3) is 3.23. The molecule has 0 atom stereocenters. The van der Waals surface area contributed by atoms with Crippen LogP contribution in [0, 0.1) is 22.7 Å². The number of aliphatic hydroxyl groups is 1. The van der Waals surface area contributed by atoms with Gasteiger partial charge in [-0.1, -0.05) is 0 Å². The van der Waals surface area contributed by atoms with Crippen molar-refractivity contribution >= 4 is 32.9 Å². The van der Waals surface area contributed by atoms with Crippen molar-refractivity contribution in [3.63, 3.8) is 0 Å². The molecule has 0 saturated heterocycles. The van der Waals surface area contributed by atoms with Crippen LogP contribution in [0.4, 0.5) is 13.2 Å². The van der Waals surface area contributed by atoms with Gasteiger partial charge in [-0.3, -0.25) is 0 Å². The lowest BCUT2D eigenvalue weighted by atomic mass is 10.1. The summed E-state index contributed by atoms with van der Waals surface area (Å²) in [5.74, 6) is -0.355. The minimum atomic E-state index is -4.49. The second-order valence-corrected chi connectivity index (χ2v) is 6.25. The minimum absolute atomic E-state index is 0.0974. The van der Waals surface area contributed by atoms with Gasteiger partial charge in [-0.2, -0.15) is 23.7 Å². The molecule has 0 bridgehead atoms. The van der Waals surface area contributed by atoms with E-state index >= 15 is 0 Å². The number of aromatic nitrogens is 1. The Kier molecular flexibility index (Phi) is 4.37. The molecule has 0 aliphatic carbocycles. The van der Waals surface area contributed by atoms with Crippen LogP contribution in [-0.2, 0) is 6.18 Å². The van der Waals surface area contributed by atoms with Gasteiger partial charge in [0.1, 0.15) is 22.4 Å². The lowest BCUT2D eigenvalue weighted by Gasteiger charge is -2.04. The van der Waals surface area contributed by atoms with Crippen molar-refractivity contribution in [1.82, 2.24) is 4.98 Å². The number of benzene rings is 2. The molecule has 3 aromatic rings. The van der Waals surface area contributed by atoms with Crippen molar-refractivity contribution in [2.24, 2.45) is 0 Å². The zero-order chi connectivity index (χ0) is 18.9. The molecule has 0 aliphatic heterocycles. The number of aliphatic hydroxyl groups excluding tert-OH is 1. The molecular weight excluding hydrogens is 363 g/mol. The molecular formula is C18H8F3N3OS. The second kappa shape index (κ2) is 6.51. The molecule has 0 saturated carbocycles. The molecule has 0 spiro atoms. The highest BCUT2D eigenvalue weighted by atomic mass is 32.1. The first-order chi connectivity index (χ1) is 12.3. The first-order valence-electron chi connectivity index (χ1n) is 7.15. The molecule has 0 amide bonds. The zero-order valence-corrected chi connectivity index (χ0v) is 13.7. The van der Waals surface area contributed by atoms with E-state index in [2.05, 4.69) is 4.98 Å². The van der Waals surface area contributed by atoms with Crippen LogP contribution in [0.15, 0.2) is 42.5 Å². The van der Waals surface area contributed by atoms with E-state index in [0.29, 0.717) is 15.8 Å². The van der Waals surface area contributed by atoms with Gasteiger partial charge in [0.25, 0.3) is 0 Å². The first-order valence-corrected chi connectivity index (χ1v) is 7.97. The monoisotopic (exact) mass is 371 g/mol. The molecule has 4 nitrogen and oxygen atoms in total. The summed E-state index contributed by atoms with van der Waals surface area (Å²) in [5, 5.41) is 28.7. The molecule has 26 heavy (non-hydrogen) atoms. The molecule has 3 rings (SSSR count). The molecule has 1 aromatic heterocycles. The van der Waals surface area contributed by atoms with Gasteiger partial charge in [0, 0.05) is 5.56 Å². The Labute approximate surface area is 149 Å². The van der Waals surface area contributed by atoms with Gasteiger partial charge in [-0.05, 0) is 42.5 Å². The lowest BCUT2D eigenvalue weighted by Crippen LogP contribution is -2.03. The van der Waals surface area contributed by atoms with Crippen molar-refractivity contribution in [2.75, 3.05) is 0 Å². The number of allylic oxidation sites excluding steroid dienone is 1. The van der Waals surface area contributed by atoms with Crippen LogP contribution < -0.4 is 0 Å². The summed E-state index contributed by atoms with van der Waals surface area (Å²) >= 11 is 1.01. The standard InChI is InChI=1S/C18H8F3N3OS/c19-18(20,21)12-5-6-15-14(7-12)24-17(26-15)13(9-23)16(25)11-3-1-10(8-22)2-4-11/h1-7,25H/b16-13-. The number of nitriles is 2. The van der Waals surface area contributed by atoms with Crippen molar-refractivity contribution in [1.29, 1.82) is 10.5 Å². The van der Waals surface area contributed by atoms with E-state index in [-0.39, 0.29) is 21.9 Å². The zero-order valence-electron chi connectivity index (χ0n) is 12.9. The Hall–Kier alpha value is -3.36. The van der Waals surface area contributed by atoms with Crippen LogP contribution in [-0.4, -0.2) is 10.1 Å². The average molecular weight is 371 g/mol. The maximum atomic E-state index is 12.8. The maximum absolute atomic E-state index is 12.8. The number of hydrogen-bond acceptors (Lipinski definition) is 5. The van der Waals surface area contributed by atoms with E-state index in [0.717, 1.165) is 23.5 Å². The third-order valence-electron chi connectivity index (χ3n) is 3.56. The lowest BCUT2D eigenvalue weighted by molar-refractivity contribution is -0.137. The van der Waals surface area contributed by atoms with Gasteiger partial charge >= 0.3 is 6.18 Å². The van der Waals surface area contributed by atoms with Crippen LogP contribution >= 0.6 is 11.3 Å². The van der Waals surface area contributed by atoms with Gasteiger partial charge in [0.2, 0.25) is 0 Å². The predicted molar refractivity (Wildman–Crippen MR) is 90.8 cm³/mol. The topological polar surface area (TPSA) is 80.7 Å². The van der Waals surface area contributed by atoms with Gasteiger partial charge in [0.15, 0.2) is 0 Å². The summed E-state index contributed by atoms with van der Waals surface area (Å²) in [6, 6.07) is 12.8. The summed E-state index contributed by atoms with van der Waals surface area (Å²) in [5.41, 5.74) is -0.194. The van der Waals surface area contributed by atoms with Crippen molar-refractivity contribution in [3.8, 4) is 12.1 Å². The molecule has 0 fully saturated rings. The van der Waals surface area contributed by atoms with Gasteiger partial charge in [0.05, 0.1) is 27.4 Å². The number of nitrogens with zero attached hydrogens (tertiary/aromatic N) is 3. The predicted octanol–water partition coefficient (Wildman–Crippen LogP) is 5.14. The number of halogens is 3. The summed E-state index contributed by atoms with van der Waals surface area (Å²) in [6.45, 7) is 0. The van der Waals surface area contributed by atoms with Crippen LogP contribution in [0.5, 0.6) is 0 Å². The Morgan fingerprint density at radius 1 is 1.08 bits per heavy atom. The first kappa shape index (κ1) is 17.5. The fourth-order valence-electron chi connectivity index (χ4n) is 2.26. The second-order valence-electron chi connectivity index (χ2n) is 5.22. The normalized spacial score (nSPS) is 12.3. The molecule has 2 aromatic carbocycles. The Bertz CT molecular complexity index is 1100. The van der Waals surface area contributed by atoms with Crippen LogP contribution in [0.2, 0.25) is 0 Å². The molecule has 0 radical (unpaired) electrons. The van der Waals surface area contributed by atoms with Gasteiger partial charge in [-0.15, -0.1) is 11.3 Å². The summed E-state index contributed by atoms with van der Waals surface area (Å²) in [6.07, 6.45) is -4.49. The Morgan fingerprint density at radius 3 is 2.35 bits per heavy atom. The van der Waals surface area contributed by atoms with E-state index < -0.39 is 11.7 Å². The van der Waals surface area contributed by atoms with Crippen molar-refractivity contribution < 1.29 is 18.3 Å². The number of hydrogen-bond donors (Lipinski definition) is 1. The SMILES string of the molecule is N#C/C(=C(/O)c1ccc(C#N)cc1)c1nc2cc(C(F)(F)F)ccc2s1. The molecule has 1 N–H and O–H groups in total. The Morgan fingerprint density at radius 2 is 1.77 bits per heavy atom. The smallest absolute Gasteiger partial charge is 0.416 e. The molecule has 0 unspecified atom stereocenters. The Balaban J connectivity index is 2.10. The summed E-state index contributed by atoms with van der Waals surface area (Å²) in [7, 11) is 0. The number of rotatable bonds is 2. The van der Waals surface area contributed by atoms with E-state index in [1.807, 2.05) is 12.1 Å². The summed E-state index contributed by atoms with van der Waals surface area (Å²) in [4.78, 5) is 4.06. The minimum Gasteiger partial charge on any atom is -0.506 e. The average Bonchev–Trinajstić information content (AvgIpc) is 3.04. The van der Waals surface area contributed by atoms with E-state index in [1.54, 1.807) is 0 Å². The van der Waals surface area contributed by atoms with Crippen LogP contribution in [0.3, 0.4) is 0 Å². The molecule has 0 aliphatic rings. The fraction of sp³-hybridized carbons (Fsp3) is 0.0556. The third-order valence-corrected chi connectivity index (χ3v) is 4.62. The fourth-order valence-corrected chi connectivity index (χ4v) is 3.20. The number of alkyl halides is 3. The van der Waals surface area contributed by atoms with Crippen molar-refractivity contribution in [2.45, 2.75) is 6.18 Å². The highest BCUT2D eigenvalue weighted by molar-refractivity contribution is 7.19. The van der Waals surface area contributed by atoms with Crippen LogP contribution in [0.25, 0.3) is 21.5 Å². The largest absolute Gasteiger partial charge is 0.506 e. The molecule has 8 heteroatoms. The van der Waals surface area contributed by atoms with E-state index in [9.17, 15) is 23.5 Å². The maximum Gasteiger partial charge on any atom is 0.416 e.